The Morgan fingerprint density at radius 1 is 1.04 bits per heavy atom. The van der Waals surface area contributed by atoms with Crippen LogP contribution in [0.4, 0.5) is 4.39 Å². The van der Waals surface area contributed by atoms with Crippen molar-refractivity contribution < 1.29 is 4.39 Å². The van der Waals surface area contributed by atoms with Gasteiger partial charge in [-0.3, -0.25) is 0 Å². The van der Waals surface area contributed by atoms with Crippen LogP contribution in [-0.4, -0.2) is 11.5 Å². The first-order valence-electron chi connectivity index (χ1n) is 10.3. The summed E-state index contributed by atoms with van der Waals surface area (Å²) in [5.74, 6) is 3.12. The molecule has 0 aromatic rings. The highest BCUT2D eigenvalue weighted by Crippen LogP contribution is 2.45. The molecule has 0 aromatic carbocycles. The van der Waals surface area contributed by atoms with Gasteiger partial charge in [0.1, 0.15) is 6.17 Å². The van der Waals surface area contributed by atoms with E-state index in [1.165, 1.54) is 57.8 Å². The molecule has 0 bridgehead atoms. The molecule has 2 saturated carbocycles. The van der Waals surface area contributed by atoms with E-state index >= 15 is 0 Å². The zero-order chi connectivity index (χ0) is 16.8. The fourth-order valence-corrected chi connectivity index (χ4v) is 5.70. The Balaban J connectivity index is 1.67. The molecule has 2 aliphatic rings. The first kappa shape index (κ1) is 19.5. The fourth-order valence-electron chi connectivity index (χ4n) is 5.12. The van der Waals surface area contributed by atoms with Gasteiger partial charge in [-0.1, -0.05) is 65.7 Å². The molecule has 2 rings (SSSR count). The third-order valence-corrected chi connectivity index (χ3v) is 7.36. The summed E-state index contributed by atoms with van der Waals surface area (Å²) in [5, 5.41) is -0.227. The van der Waals surface area contributed by atoms with Crippen molar-refractivity contribution >= 4 is 11.6 Å². The molecule has 0 amide bonds. The van der Waals surface area contributed by atoms with Gasteiger partial charge in [0.2, 0.25) is 0 Å². The Bertz CT molecular complexity index is 324. The van der Waals surface area contributed by atoms with Crippen molar-refractivity contribution in [2.24, 2.45) is 29.6 Å². The van der Waals surface area contributed by atoms with E-state index < -0.39 is 6.17 Å². The lowest BCUT2D eigenvalue weighted by atomic mass is 9.68. The van der Waals surface area contributed by atoms with Crippen molar-refractivity contribution in [2.45, 2.75) is 103 Å². The average Bonchev–Trinajstić information content (AvgIpc) is 2.54. The van der Waals surface area contributed by atoms with E-state index in [1.54, 1.807) is 0 Å². The monoisotopic (exact) mass is 344 g/mol. The Labute approximate surface area is 148 Å². The molecule has 0 heterocycles. The van der Waals surface area contributed by atoms with Crippen molar-refractivity contribution in [2.75, 3.05) is 0 Å². The van der Waals surface area contributed by atoms with Crippen molar-refractivity contribution in [3.8, 4) is 0 Å². The molecule has 23 heavy (non-hydrogen) atoms. The van der Waals surface area contributed by atoms with Gasteiger partial charge in [0.25, 0.3) is 0 Å². The van der Waals surface area contributed by atoms with Gasteiger partial charge in [0.15, 0.2) is 0 Å². The van der Waals surface area contributed by atoms with Gasteiger partial charge in [-0.15, -0.1) is 11.6 Å². The van der Waals surface area contributed by atoms with Crippen LogP contribution in [0.1, 0.15) is 91.4 Å². The van der Waals surface area contributed by atoms with E-state index in [0.717, 1.165) is 24.7 Å². The Morgan fingerprint density at radius 3 is 2.39 bits per heavy atom. The largest absolute Gasteiger partial charge is 0.246 e. The maximum atomic E-state index is 14.2. The zero-order valence-electron chi connectivity index (χ0n) is 15.6. The van der Waals surface area contributed by atoms with Crippen LogP contribution in [0.5, 0.6) is 0 Å². The molecule has 0 aliphatic heterocycles. The summed E-state index contributed by atoms with van der Waals surface area (Å²) >= 11 is 6.47. The van der Waals surface area contributed by atoms with E-state index in [1.807, 2.05) is 6.92 Å². The highest BCUT2D eigenvalue weighted by atomic mass is 35.5. The van der Waals surface area contributed by atoms with Gasteiger partial charge in [-0.2, -0.15) is 0 Å². The van der Waals surface area contributed by atoms with E-state index in [9.17, 15) is 4.39 Å². The van der Waals surface area contributed by atoms with Crippen LogP contribution in [0.25, 0.3) is 0 Å². The fraction of sp³-hybridized carbons (Fsp3) is 1.00. The van der Waals surface area contributed by atoms with Crippen LogP contribution >= 0.6 is 11.6 Å². The highest BCUT2D eigenvalue weighted by Gasteiger charge is 2.41. The van der Waals surface area contributed by atoms with E-state index in [2.05, 4.69) is 13.8 Å². The predicted octanol–water partition coefficient (Wildman–Crippen LogP) is 7.39. The minimum atomic E-state index is -0.784. The number of hydrogen-bond acceptors (Lipinski definition) is 0. The highest BCUT2D eigenvalue weighted by molar-refractivity contribution is 6.21. The van der Waals surface area contributed by atoms with Crippen LogP contribution in [0.2, 0.25) is 0 Å². The van der Waals surface area contributed by atoms with Crippen LogP contribution in [-0.2, 0) is 0 Å². The number of halogens is 2. The maximum absolute atomic E-state index is 14.2. The van der Waals surface area contributed by atoms with Crippen molar-refractivity contribution in [1.82, 2.24) is 0 Å². The van der Waals surface area contributed by atoms with Crippen molar-refractivity contribution in [3.63, 3.8) is 0 Å². The topological polar surface area (TPSA) is 0 Å². The standard InChI is InChI=1S/C21H38ClF/c1-4-6-15(2)7-5-8-17-10-12-18(13-11-17)19-14-9-16(3)21(23)20(19)22/h15-21H,4-14H2,1-3H3. The summed E-state index contributed by atoms with van der Waals surface area (Å²) in [6.07, 6.45) is 13.6. The molecule has 0 N–H and O–H groups in total. The molecule has 0 radical (unpaired) electrons. The molecule has 2 heteroatoms. The Morgan fingerprint density at radius 2 is 1.74 bits per heavy atom. The van der Waals surface area contributed by atoms with E-state index in [4.69, 9.17) is 11.6 Å². The third kappa shape index (κ3) is 5.62. The molecule has 0 saturated heterocycles. The lowest BCUT2D eigenvalue weighted by molar-refractivity contribution is 0.0877. The summed E-state index contributed by atoms with van der Waals surface area (Å²) in [6.45, 7) is 6.71. The van der Waals surface area contributed by atoms with E-state index in [-0.39, 0.29) is 11.3 Å². The predicted molar refractivity (Wildman–Crippen MR) is 99.8 cm³/mol. The van der Waals surface area contributed by atoms with Crippen LogP contribution in [0.3, 0.4) is 0 Å². The van der Waals surface area contributed by atoms with Crippen LogP contribution in [0, 0.1) is 29.6 Å². The Hall–Kier alpha value is 0.220. The molecular formula is C21H38ClF. The van der Waals surface area contributed by atoms with Crippen LogP contribution in [0.15, 0.2) is 0 Å². The number of rotatable bonds is 7. The van der Waals surface area contributed by atoms with Crippen molar-refractivity contribution in [1.29, 1.82) is 0 Å². The summed E-state index contributed by atoms with van der Waals surface area (Å²) < 4.78 is 14.2. The Kier molecular flexibility index (Phi) is 8.19. The molecule has 2 fully saturated rings. The summed E-state index contributed by atoms with van der Waals surface area (Å²) in [5.41, 5.74) is 0. The second-order valence-corrected chi connectivity index (χ2v) is 9.22. The molecule has 136 valence electrons. The first-order chi connectivity index (χ1) is 11.0. The number of alkyl halides is 2. The second-order valence-electron chi connectivity index (χ2n) is 8.71. The van der Waals surface area contributed by atoms with Gasteiger partial charge < -0.3 is 0 Å². The zero-order valence-corrected chi connectivity index (χ0v) is 16.3. The van der Waals surface area contributed by atoms with Gasteiger partial charge in [0, 0.05) is 0 Å². The maximum Gasteiger partial charge on any atom is 0.119 e. The summed E-state index contributed by atoms with van der Waals surface area (Å²) in [4.78, 5) is 0. The molecule has 0 nitrogen and oxygen atoms in total. The molecule has 5 unspecified atom stereocenters. The SMILES string of the molecule is CCCC(C)CCCC1CCC(C2CCC(C)C(F)C2Cl)CC1. The molecule has 0 aromatic heterocycles. The van der Waals surface area contributed by atoms with Crippen LogP contribution < -0.4 is 0 Å². The first-order valence-corrected chi connectivity index (χ1v) is 10.7. The summed E-state index contributed by atoms with van der Waals surface area (Å²) in [7, 11) is 0. The van der Waals surface area contributed by atoms with E-state index in [0.29, 0.717) is 11.8 Å². The van der Waals surface area contributed by atoms with Gasteiger partial charge in [0.05, 0.1) is 5.38 Å². The minimum Gasteiger partial charge on any atom is -0.246 e. The lowest BCUT2D eigenvalue weighted by Crippen LogP contribution is -2.40. The summed E-state index contributed by atoms with van der Waals surface area (Å²) in [6, 6.07) is 0. The normalized spacial score (nSPS) is 40.0. The molecular weight excluding hydrogens is 307 g/mol. The third-order valence-electron chi connectivity index (χ3n) is 6.80. The smallest absolute Gasteiger partial charge is 0.119 e. The van der Waals surface area contributed by atoms with Gasteiger partial charge in [-0.25, -0.2) is 4.39 Å². The molecule has 2 aliphatic carbocycles. The molecule has 5 atom stereocenters. The second kappa shape index (κ2) is 9.64. The molecule has 0 spiro atoms. The quantitative estimate of drug-likeness (QED) is 0.422. The van der Waals surface area contributed by atoms with Crippen molar-refractivity contribution in [3.05, 3.63) is 0 Å². The minimum absolute atomic E-state index is 0.162. The van der Waals surface area contributed by atoms with Gasteiger partial charge >= 0.3 is 0 Å². The lowest BCUT2D eigenvalue weighted by Gasteiger charge is -2.41. The van der Waals surface area contributed by atoms with Gasteiger partial charge in [-0.05, 0) is 55.3 Å². The number of hydrogen-bond donors (Lipinski definition) is 0. The average molecular weight is 345 g/mol.